The fourth-order valence-corrected chi connectivity index (χ4v) is 3.27. The second-order valence-corrected chi connectivity index (χ2v) is 7.31. The van der Waals surface area contributed by atoms with E-state index in [4.69, 9.17) is 16.0 Å². The van der Waals surface area contributed by atoms with Crippen molar-refractivity contribution in [3.8, 4) is 39.5 Å². The van der Waals surface area contributed by atoms with Gasteiger partial charge in [0, 0.05) is 0 Å². The van der Waals surface area contributed by atoms with Crippen molar-refractivity contribution in [3.05, 3.63) is 108 Å². The number of benzene rings is 4. The fraction of sp³-hybridized carbons (Fsp3) is 0.0741. The highest BCUT2D eigenvalue weighted by molar-refractivity contribution is 5.67. The Hall–Kier alpha value is -4.51. The van der Waals surface area contributed by atoms with Gasteiger partial charge < -0.3 is 14.2 Å². The van der Waals surface area contributed by atoms with Crippen molar-refractivity contribution in [2.45, 2.75) is 6.36 Å². The van der Waals surface area contributed by atoms with Crippen LogP contribution in [-0.4, -0.2) is 13.2 Å². The van der Waals surface area contributed by atoms with E-state index in [2.05, 4.69) is 9.58 Å². The zero-order valence-corrected chi connectivity index (χ0v) is 18.1. The Balaban J connectivity index is 1.31. The first-order valence-corrected chi connectivity index (χ1v) is 10.3. The Bertz CT molecular complexity index is 1330. The van der Waals surface area contributed by atoms with Crippen molar-refractivity contribution in [2.24, 2.45) is 0 Å². The SMILES string of the molecule is [C-]#[N+]c1ccc(-c2ccc(OCOc3ccc(-c4ccc(OC(F)(F)F)c(F)c4)cc3)cc2)cc1. The first kappa shape index (κ1) is 23.6. The molecule has 176 valence electrons. The van der Waals surface area contributed by atoms with Crippen LogP contribution in [0.4, 0.5) is 23.2 Å². The van der Waals surface area contributed by atoms with Gasteiger partial charge in [0.05, 0.1) is 6.57 Å². The van der Waals surface area contributed by atoms with Crippen LogP contribution < -0.4 is 14.2 Å². The molecule has 0 aliphatic carbocycles. The van der Waals surface area contributed by atoms with Crippen molar-refractivity contribution in [2.75, 3.05) is 6.79 Å². The molecule has 4 nitrogen and oxygen atoms in total. The van der Waals surface area contributed by atoms with Crippen LogP contribution in [0.25, 0.3) is 27.1 Å². The van der Waals surface area contributed by atoms with Gasteiger partial charge in [-0.05, 0) is 58.7 Å². The number of rotatable bonds is 7. The Labute approximate surface area is 198 Å². The third-order valence-corrected chi connectivity index (χ3v) is 4.98. The van der Waals surface area contributed by atoms with E-state index >= 15 is 0 Å². The summed E-state index contributed by atoms with van der Waals surface area (Å²) in [6.45, 7) is 6.96. The summed E-state index contributed by atoms with van der Waals surface area (Å²) < 4.78 is 65.6. The largest absolute Gasteiger partial charge is 0.573 e. The monoisotopic (exact) mass is 479 g/mol. The number of hydrogen-bond donors (Lipinski definition) is 0. The third kappa shape index (κ3) is 6.30. The van der Waals surface area contributed by atoms with Crippen LogP contribution in [0.2, 0.25) is 0 Å². The number of alkyl halides is 3. The first-order valence-electron chi connectivity index (χ1n) is 10.3. The molecule has 0 radical (unpaired) electrons. The van der Waals surface area contributed by atoms with Crippen LogP contribution in [0, 0.1) is 12.4 Å². The molecule has 0 bridgehead atoms. The molecular weight excluding hydrogens is 462 g/mol. The molecule has 4 aromatic carbocycles. The summed E-state index contributed by atoms with van der Waals surface area (Å²) in [6, 6.07) is 24.6. The van der Waals surface area contributed by atoms with E-state index in [1.165, 1.54) is 6.07 Å². The Kier molecular flexibility index (Phi) is 6.88. The van der Waals surface area contributed by atoms with Gasteiger partial charge in [0.2, 0.25) is 6.79 Å². The average molecular weight is 479 g/mol. The summed E-state index contributed by atoms with van der Waals surface area (Å²) >= 11 is 0. The number of hydrogen-bond acceptors (Lipinski definition) is 3. The van der Waals surface area contributed by atoms with Crippen LogP contribution in [0.5, 0.6) is 17.2 Å². The molecule has 0 aromatic heterocycles. The second kappa shape index (κ2) is 10.2. The summed E-state index contributed by atoms with van der Waals surface area (Å²) in [7, 11) is 0. The fourth-order valence-electron chi connectivity index (χ4n) is 3.27. The summed E-state index contributed by atoms with van der Waals surface area (Å²) in [6.07, 6.45) is -4.96. The van der Waals surface area contributed by atoms with Crippen molar-refractivity contribution in [1.29, 1.82) is 0 Å². The van der Waals surface area contributed by atoms with Gasteiger partial charge in [-0.3, -0.25) is 0 Å². The van der Waals surface area contributed by atoms with Crippen LogP contribution in [-0.2, 0) is 0 Å². The molecule has 0 saturated heterocycles. The first-order chi connectivity index (χ1) is 16.8. The summed E-state index contributed by atoms with van der Waals surface area (Å²) in [5.41, 5.74) is 3.54. The zero-order valence-electron chi connectivity index (χ0n) is 18.1. The molecule has 0 aliphatic rings. The lowest BCUT2D eigenvalue weighted by Gasteiger charge is -2.11. The lowest BCUT2D eigenvalue weighted by molar-refractivity contribution is -0.275. The van der Waals surface area contributed by atoms with E-state index < -0.39 is 17.9 Å². The van der Waals surface area contributed by atoms with Crippen molar-refractivity contribution in [1.82, 2.24) is 0 Å². The molecule has 0 unspecified atom stereocenters. The van der Waals surface area contributed by atoms with E-state index in [-0.39, 0.29) is 6.79 Å². The third-order valence-electron chi connectivity index (χ3n) is 4.98. The Morgan fingerprint density at radius 3 is 1.57 bits per heavy atom. The van der Waals surface area contributed by atoms with Crippen LogP contribution in [0.3, 0.4) is 0 Å². The zero-order chi connectivity index (χ0) is 24.8. The predicted octanol–water partition coefficient (Wildman–Crippen LogP) is 8.02. The highest BCUT2D eigenvalue weighted by atomic mass is 19.4. The normalized spacial score (nSPS) is 10.9. The molecule has 8 heteroatoms. The molecule has 0 saturated carbocycles. The van der Waals surface area contributed by atoms with Gasteiger partial charge in [0.15, 0.2) is 17.3 Å². The maximum atomic E-state index is 13.9. The molecule has 4 aromatic rings. The van der Waals surface area contributed by atoms with Crippen molar-refractivity contribution < 1.29 is 31.8 Å². The van der Waals surface area contributed by atoms with Gasteiger partial charge in [-0.1, -0.05) is 54.6 Å². The van der Waals surface area contributed by atoms with E-state index in [1.54, 1.807) is 36.4 Å². The highest BCUT2D eigenvalue weighted by Gasteiger charge is 2.32. The van der Waals surface area contributed by atoms with Crippen molar-refractivity contribution >= 4 is 5.69 Å². The molecule has 4 rings (SSSR count). The van der Waals surface area contributed by atoms with E-state index in [1.807, 2.05) is 36.4 Å². The average Bonchev–Trinajstić information content (AvgIpc) is 2.85. The molecule has 0 heterocycles. The Morgan fingerprint density at radius 1 is 0.657 bits per heavy atom. The van der Waals surface area contributed by atoms with E-state index in [0.717, 1.165) is 23.3 Å². The van der Waals surface area contributed by atoms with Crippen molar-refractivity contribution in [3.63, 3.8) is 0 Å². The minimum absolute atomic E-state index is 0.0451. The summed E-state index contributed by atoms with van der Waals surface area (Å²) in [5, 5.41) is 0. The lowest BCUT2D eigenvalue weighted by Crippen LogP contribution is -2.17. The van der Waals surface area contributed by atoms with Gasteiger partial charge in [0.25, 0.3) is 0 Å². The molecular formula is C27H17F4NO3. The minimum atomic E-state index is -4.96. The van der Waals surface area contributed by atoms with Gasteiger partial charge >= 0.3 is 6.36 Å². The van der Waals surface area contributed by atoms with Gasteiger partial charge in [-0.25, -0.2) is 9.24 Å². The van der Waals surface area contributed by atoms with E-state index in [9.17, 15) is 17.6 Å². The molecule has 0 spiro atoms. The number of ether oxygens (including phenoxy) is 3. The number of halogens is 4. The quantitative estimate of drug-likeness (QED) is 0.153. The highest BCUT2D eigenvalue weighted by Crippen LogP contribution is 2.30. The lowest BCUT2D eigenvalue weighted by atomic mass is 10.1. The molecule has 0 fully saturated rings. The molecule has 0 aliphatic heterocycles. The predicted molar refractivity (Wildman–Crippen MR) is 123 cm³/mol. The maximum Gasteiger partial charge on any atom is 0.573 e. The molecule has 35 heavy (non-hydrogen) atoms. The van der Waals surface area contributed by atoms with Crippen LogP contribution in [0.1, 0.15) is 0 Å². The summed E-state index contributed by atoms with van der Waals surface area (Å²) in [5.74, 6) is -0.883. The minimum Gasteiger partial charge on any atom is -0.458 e. The van der Waals surface area contributed by atoms with E-state index in [0.29, 0.717) is 28.3 Å². The van der Waals surface area contributed by atoms with Gasteiger partial charge in [-0.2, -0.15) is 0 Å². The topological polar surface area (TPSA) is 32.0 Å². The molecule has 0 atom stereocenters. The van der Waals surface area contributed by atoms with Crippen LogP contribution in [0.15, 0.2) is 91.0 Å². The molecule has 0 amide bonds. The van der Waals surface area contributed by atoms with Gasteiger partial charge in [0.1, 0.15) is 11.5 Å². The maximum absolute atomic E-state index is 13.9. The summed E-state index contributed by atoms with van der Waals surface area (Å²) in [4.78, 5) is 3.38. The molecule has 0 N–H and O–H groups in total. The Morgan fingerprint density at radius 2 is 1.11 bits per heavy atom. The van der Waals surface area contributed by atoms with Gasteiger partial charge in [-0.15, -0.1) is 13.2 Å². The van der Waals surface area contributed by atoms with Crippen LogP contribution >= 0.6 is 0 Å². The standard InChI is InChI=1S/C27H17F4NO3/c1-32-22-9-2-18(3-10-22)19-4-11-23(12-5-19)33-17-34-24-13-6-20(7-14-24)21-8-15-26(25(28)16-21)35-27(29,30)31/h2-16H,17H2. The number of nitrogens with zero attached hydrogens (tertiary/aromatic N) is 1. The second-order valence-electron chi connectivity index (χ2n) is 7.31. The smallest absolute Gasteiger partial charge is 0.458 e.